The maximum absolute atomic E-state index is 5.79. The van der Waals surface area contributed by atoms with E-state index in [9.17, 15) is 0 Å². The van der Waals surface area contributed by atoms with Crippen molar-refractivity contribution in [3.63, 3.8) is 0 Å². The second-order valence-electron chi connectivity index (χ2n) is 4.33. The lowest BCUT2D eigenvalue weighted by molar-refractivity contribution is 0.268. The largest absolute Gasteiger partial charge is 0.399 e. The molecule has 0 aliphatic heterocycles. The van der Waals surface area contributed by atoms with Gasteiger partial charge in [0.25, 0.3) is 0 Å². The van der Waals surface area contributed by atoms with Crippen LogP contribution in [0.1, 0.15) is 30.0 Å². The summed E-state index contributed by atoms with van der Waals surface area (Å²) in [6, 6.07) is 6.92. The van der Waals surface area contributed by atoms with Crippen LogP contribution < -0.4 is 5.73 Å². The van der Waals surface area contributed by atoms with Crippen LogP contribution in [0.25, 0.3) is 0 Å². The molecule has 1 unspecified atom stereocenters. The number of fused-ring (bicyclic) bond motifs is 1. The number of nitrogens with two attached hydrogens (primary N) is 1. The van der Waals surface area contributed by atoms with Crippen LogP contribution in [0.5, 0.6) is 0 Å². The lowest BCUT2D eigenvalue weighted by atomic mass is 9.87. The maximum atomic E-state index is 5.79. The molecule has 2 heteroatoms. The molecule has 0 saturated heterocycles. The van der Waals surface area contributed by atoms with Crippen molar-refractivity contribution in [3.8, 4) is 0 Å². The zero-order valence-electron chi connectivity index (χ0n) is 8.96. The first kappa shape index (κ1) is 9.53. The van der Waals surface area contributed by atoms with Crippen molar-refractivity contribution in [2.24, 2.45) is 0 Å². The van der Waals surface area contributed by atoms with Gasteiger partial charge in [0.1, 0.15) is 0 Å². The molecule has 1 aliphatic carbocycles. The molecule has 0 spiro atoms. The van der Waals surface area contributed by atoms with Gasteiger partial charge < -0.3 is 10.6 Å². The Morgan fingerprint density at radius 1 is 1.36 bits per heavy atom. The van der Waals surface area contributed by atoms with Crippen LogP contribution in [0.15, 0.2) is 18.2 Å². The van der Waals surface area contributed by atoms with Gasteiger partial charge in [0.05, 0.1) is 0 Å². The fourth-order valence-electron chi connectivity index (χ4n) is 2.34. The van der Waals surface area contributed by atoms with Gasteiger partial charge in [-0.1, -0.05) is 6.07 Å². The van der Waals surface area contributed by atoms with E-state index in [1.807, 2.05) is 6.07 Å². The van der Waals surface area contributed by atoms with E-state index in [0.717, 1.165) is 5.69 Å². The number of anilines is 1. The summed E-state index contributed by atoms with van der Waals surface area (Å²) >= 11 is 0. The number of nitrogen functional groups attached to an aromatic ring is 1. The van der Waals surface area contributed by atoms with Gasteiger partial charge in [-0.25, -0.2) is 0 Å². The number of nitrogens with zero attached hydrogens (tertiary/aromatic N) is 1. The fourth-order valence-corrected chi connectivity index (χ4v) is 2.34. The van der Waals surface area contributed by atoms with E-state index in [1.165, 1.54) is 30.4 Å². The summed E-state index contributed by atoms with van der Waals surface area (Å²) in [4.78, 5) is 2.30. The molecule has 1 atom stereocenters. The number of rotatable bonds is 1. The summed E-state index contributed by atoms with van der Waals surface area (Å²) in [5.74, 6) is 0. The molecule has 0 saturated carbocycles. The van der Waals surface area contributed by atoms with Crippen LogP contribution in [0.3, 0.4) is 0 Å². The number of hydrogen-bond acceptors (Lipinski definition) is 2. The first-order valence-electron chi connectivity index (χ1n) is 5.23. The Morgan fingerprint density at radius 2 is 2.14 bits per heavy atom. The average molecular weight is 190 g/mol. The van der Waals surface area contributed by atoms with Crippen LogP contribution in [0, 0.1) is 0 Å². The van der Waals surface area contributed by atoms with E-state index in [1.54, 1.807) is 0 Å². The molecule has 1 aliphatic rings. The summed E-state index contributed by atoms with van der Waals surface area (Å²) in [5.41, 5.74) is 9.59. The first-order valence-corrected chi connectivity index (χ1v) is 5.23. The van der Waals surface area contributed by atoms with Gasteiger partial charge in [-0.3, -0.25) is 0 Å². The predicted octanol–water partition coefficient (Wildman–Crippen LogP) is 2.21. The molecule has 1 aromatic carbocycles. The molecule has 0 radical (unpaired) electrons. The minimum atomic E-state index is 0.583. The standard InChI is InChI=1S/C12H18N2/c1-14(2)12-5-3-4-9-8-10(13)6-7-11(9)12/h6-8,12H,3-5,13H2,1-2H3. The quantitative estimate of drug-likeness (QED) is 0.688. The third kappa shape index (κ3) is 1.62. The predicted molar refractivity (Wildman–Crippen MR) is 60.2 cm³/mol. The highest BCUT2D eigenvalue weighted by molar-refractivity contribution is 5.46. The first-order chi connectivity index (χ1) is 6.68. The normalized spacial score (nSPS) is 20.9. The van der Waals surface area contributed by atoms with E-state index in [0.29, 0.717) is 6.04 Å². The van der Waals surface area contributed by atoms with Crippen molar-refractivity contribution in [2.45, 2.75) is 25.3 Å². The van der Waals surface area contributed by atoms with Crippen molar-refractivity contribution in [2.75, 3.05) is 19.8 Å². The Kier molecular flexibility index (Phi) is 2.46. The number of aryl methyl sites for hydroxylation is 1. The van der Waals surface area contributed by atoms with Crippen LogP contribution in [0.4, 0.5) is 5.69 Å². The fraction of sp³-hybridized carbons (Fsp3) is 0.500. The Hall–Kier alpha value is -1.02. The molecule has 0 fully saturated rings. The zero-order valence-corrected chi connectivity index (χ0v) is 8.96. The smallest absolute Gasteiger partial charge is 0.0344 e. The molecule has 0 aromatic heterocycles. The van der Waals surface area contributed by atoms with E-state index >= 15 is 0 Å². The van der Waals surface area contributed by atoms with E-state index < -0.39 is 0 Å². The highest BCUT2D eigenvalue weighted by Crippen LogP contribution is 2.33. The Morgan fingerprint density at radius 3 is 2.86 bits per heavy atom. The molecule has 76 valence electrons. The molecule has 2 rings (SSSR count). The maximum Gasteiger partial charge on any atom is 0.0344 e. The number of hydrogen-bond donors (Lipinski definition) is 1. The lowest BCUT2D eigenvalue weighted by Gasteiger charge is -2.30. The third-order valence-corrected chi connectivity index (χ3v) is 3.07. The second kappa shape index (κ2) is 3.62. The molecule has 14 heavy (non-hydrogen) atoms. The summed E-state index contributed by atoms with van der Waals surface area (Å²) in [6.45, 7) is 0. The monoisotopic (exact) mass is 190 g/mol. The van der Waals surface area contributed by atoms with Crippen molar-refractivity contribution >= 4 is 5.69 Å². The lowest BCUT2D eigenvalue weighted by Crippen LogP contribution is -2.24. The third-order valence-electron chi connectivity index (χ3n) is 3.07. The molecule has 2 nitrogen and oxygen atoms in total. The molecular formula is C12H18N2. The summed E-state index contributed by atoms with van der Waals surface area (Å²) in [7, 11) is 4.30. The molecule has 1 aromatic rings. The molecule has 0 bridgehead atoms. The van der Waals surface area contributed by atoms with Crippen LogP contribution in [-0.4, -0.2) is 19.0 Å². The van der Waals surface area contributed by atoms with Crippen molar-refractivity contribution in [3.05, 3.63) is 29.3 Å². The summed E-state index contributed by atoms with van der Waals surface area (Å²) in [5, 5.41) is 0. The summed E-state index contributed by atoms with van der Waals surface area (Å²) in [6.07, 6.45) is 3.73. The second-order valence-corrected chi connectivity index (χ2v) is 4.33. The molecular weight excluding hydrogens is 172 g/mol. The van der Waals surface area contributed by atoms with Crippen LogP contribution >= 0.6 is 0 Å². The Bertz CT molecular complexity index is 331. The van der Waals surface area contributed by atoms with Gasteiger partial charge in [-0.15, -0.1) is 0 Å². The SMILES string of the molecule is CN(C)C1CCCc2cc(N)ccc21. The molecule has 0 heterocycles. The zero-order chi connectivity index (χ0) is 10.1. The van der Waals surface area contributed by atoms with Crippen LogP contribution in [0.2, 0.25) is 0 Å². The van der Waals surface area contributed by atoms with Crippen molar-refractivity contribution < 1.29 is 0 Å². The van der Waals surface area contributed by atoms with Crippen molar-refractivity contribution in [1.29, 1.82) is 0 Å². The van der Waals surface area contributed by atoms with E-state index in [4.69, 9.17) is 5.73 Å². The van der Waals surface area contributed by atoms with Gasteiger partial charge in [0.15, 0.2) is 0 Å². The van der Waals surface area contributed by atoms with Gasteiger partial charge in [0, 0.05) is 11.7 Å². The van der Waals surface area contributed by atoms with Gasteiger partial charge in [-0.05, 0) is 56.6 Å². The minimum absolute atomic E-state index is 0.583. The van der Waals surface area contributed by atoms with Gasteiger partial charge in [0.2, 0.25) is 0 Å². The van der Waals surface area contributed by atoms with Crippen molar-refractivity contribution in [1.82, 2.24) is 4.90 Å². The highest BCUT2D eigenvalue weighted by Gasteiger charge is 2.21. The average Bonchev–Trinajstić information content (AvgIpc) is 2.16. The number of benzene rings is 1. The minimum Gasteiger partial charge on any atom is -0.399 e. The van der Waals surface area contributed by atoms with Gasteiger partial charge in [-0.2, -0.15) is 0 Å². The summed E-state index contributed by atoms with van der Waals surface area (Å²) < 4.78 is 0. The van der Waals surface area contributed by atoms with Gasteiger partial charge >= 0.3 is 0 Å². The highest BCUT2D eigenvalue weighted by atomic mass is 15.1. The Balaban J connectivity index is 2.40. The molecule has 0 amide bonds. The molecule has 2 N–H and O–H groups in total. The Labute approximate surface area is 85.7 Å². The van der Waals surface area contributed by atoms with Crippen LogP contribution in [-0.2, 0) is 6.42 Å². The topological polar surface area (TPSA) is 29.3 Å². The van der Waals surface area contributed by atoms with E-state index in [-0.39, 0.29) is 0 Å². The van der Waals surface area contributed by atoms with E-state index in [2.05, 4.69) is 31.1 Å².